The Bertz CT molecular complexity index is 1720. The van der Waals surface area contributed by atoms with Gasteiger partial charge in [0.2, 0.25) is 10.0 Å². The highest BCUT2D eigenvalue weighted by molar-refractivity contribution is 7.91. The van der Waals surface area contributed by atoms with Crippen LogP contribution in [0.1, 0.15) is 74.7 Å². The third-order valence-corrected chi connectivity index (χ3v) is 14.9. The molecule has 0 spiro atoms. The van der Waals surface area contributed by atoms with Gasteiger partial charge in [-0.3, -0.25) is 9.59 Å². The minimum absolute atomic E-state index is 0.0523. The van der Waals surface area contributed by atoms with Gasteiger partial charge in [-0.1, -0.05) is 33.8 Å². The van der Waals surface area contributed by atoms with Crippen molar-refractivity contribution in [3.8, 4) is 0 Å². The van der Waals surface area contributed by atoms with Crippen molar-refractivity contribution in [1.29, 1.82) is 0 Å². The summed E-state index contributed by atoms with van der Waals surface area (Å²) in [6.07, 6.45) is -7.09. The Morgan fingerprint density at radius 3 is 2.39 bits per heavy atom. The van der Waals surface area contributed by atoms with E-state index in [2.05, 4.69) is 15.4 Å². The number of ketones is 1. The number of likely N-dealkylation sites (N-methyl/N-ethyl adjacent to an activating group) is 1. The monoisotopic (exact) mass is 844 g/mol. The van der Waals surface area contributed by atoms with Gasteiger partial charge in [-0.2, -0.15) is 0 Å². The van der Waals surface area contributed by atoms with Crippen LogP contribution in [0.5, 0.6) is 0 Å². The molecular weight excluding hydrogens is 785 g/mol. The van der Waals surface area contributed by atoms with Gasteiger partial charge in [0.25, 0.3) is 0 Å². The number of nitrogens with zero attached hydrogens (tertiary/aromatic N) is 1. The Hall–Kier alpha value is -2.91. The van der Waals surface area contributed by atoms with Crippen molar-refractivity contribution >= 4 is 45.3 Å². The number of carbonyl (C=O) groups is 4. The maximum absolute atomic E-state index is 14.4. The lowest BCUT2D eigenvalue weighted by molar-refractivity contribution is -0.299. The van der Waals surface area contributed by atoms with Crippen molar-refractivity contribution in [2.45, 2.75) is 145 Å². The highest BCUT2D eigenvalue weighted by atomic mass is 32.2. The zero-order chi connectivity index (χ0) is 42.2. The number of nitrogens with one attached hydrogen (secondary N) is 3. The van der Waals surface area contributed by atoms with Gasteiger partial charge in [-0.25, -0.2) is 22.7 Å². The maximum atomic E-state index is 14.4. The molecule has 4 aliphatic heterocycles. The van der Waals surface area contributed by atoms with Gasteiger partial charge in [-0.15, -0.1) is 11.3 Å². The SMILES string of the molecule is CC[C@H]1OC(=O)[C@H](C)[C@H]2OCC(NS(=O)(=O)c3cccs3)CNC(=O)O[C@](C)(C[C@@H](C)C(=O)[C@H](C)[C@@H]3NC(=O)O[C@]13C)[C@H](O[C@@H]1O[C@H](C)C[C@H](N(C)C)[C@H]1O)[C@H]2C. The van der Waals surface area contributed by atoms with Gasteiger partial charge >= 0.3 is 18.2 Å². The number of aliphatic hydroxyl groups is 1. The molecule has 4 N–H and O–H groups in total. The number of thiophene rings is 1. The largest absolute Gasteiger partial charge is 0.458 e. The number of alkyl carbamates (subject to hydrolysis) is 2. The van der Waals surface area contributed by atoms with E-state index in [1.54, 1.807) is 59.9 Å². The van der Waals surface area contributed by atoms with Crippen LogP contribution in [0.15, 0.2) is 21.7 Å². The highest BCUT2D eigenvalue weighted by Crippen LogP contribution is 2.42. The fourth-order valence-corrected chi connectivity index (χ4v) is 11.3. The van der Waals surface area contributed by atoms with Gasteiger partial charge in [0, 0.05) is 30.3 Å². The first-order chi connectivity index (χ1) is 26.6. The van der Waals surface area contributed by atoms with Crippen LogP contribution in [0.25, 0.3) is 0 Å². The van der Waals surface area contributed by atoms with Gasteiger partial charge in [0.15, 0.2) is 11.9 Å². The van der Waals surface area contributed by atoms with Crippen molar-refractivity contribution in [3.05, 3.63) is 17.5 Å². The third-order valence-electron chi connectivity index (χ3n) is 12.0. The lowest BCUT2D eigenvalue weighted by Crippen LogP contribution is -2.61. The Labute approximate surface area is 339 Å². The van der Waals surface area contributed by atoms with Crippen molar-refractivity contribution in [1.82, 2.24) is 20.3 Å². The molecule has 2 amide bonds. The second-order valence-corrected chi connectivity index (χ2v) is 19.6. The van der Waals surface area contributed by atoms with E-state index < -0.39 is 106 Å². The number of cyclic esters (lactones) is 1. The standard InChI is InChI=1S/C38H60N4O13S2/c1-11-26-38(8)31(40-36(47)55-38)21(4)28(43)19(2)16-37(7)32(53-34-29(44)25(42(9)10)15-20(3)51-34)22(5)30(23(6)33(45)52-26)50-18-24(17-39-35(46)54-37)41-57(48,49)27-13-12-14-56-27/h12-14,19-26,29-32,34,41,44H,11,15-18H2,1-10H3,(H,39,46)(H,40,47)/t19-,20-,21+,22+,23-,24?,25+,26-,29-,30+,31+,32-,34+,37-,38-/m1/s1. The van der Waals surface area contributed by atoms with Crippen LogP contribution in [0, 0.1) is 23.7 Å². The third kappa shape index (κ3) is 9.61. The van der Waals surface area contributed by atoms with Crippen molar-refractivity contribution in [2.75, 3.05) is 27.2 Å². The molecule has 2 bridgehead atoms. The van der Waals surface area contributed by atoms with E-state index >= 15 is 0 Å². The van der Waals surface area contributed by atoms with E-state index in [4.69, 9.17) is 28.4 Å². The molecule has 1 aromatic heterocycles. The first kappa shape index (κ1) is 45.2. The Kier molecular flexibility index (Phi) is 14.1. The molecule has 57 heavy (non-hydrogen) atoms. The second-order valence-electron chi connectivity index (χ2n) is 16.7. The smallest absolute Gasteiger partial charge is 0.408 e. The summed E-state index contributed by atoms with van der Waals surface area (Å²) in [5.41, 5.74) is -3.11. The molecule has 0 aromatic carbocycles. The number of hydrogen-bond donors (Lipinski definition) is 4. The zero-order valence-electron chi connectivity index (χ0n) is 34.4. The lowest BCUT2D eigenvalue weighted by atomic mass is 9.73. The van der Waals surface area contributed by atoms with E-state index in [1.165, 1.54) is 6.07 Å². The molecule has 0 aliphatic carbocycles. The van der Waals surface area contributed by atoms with Crippen molar-refractivity contribution in [2.24, 2.45) is 23.7 Å². The summed E-state index contributed by atoms with van der Waals surface area (Å²) in [6, 6.07) is 0.754. The summed E-state index contributed by atoms with van der Waals surface area (Å²) in [6.45, 7) is 13.0. The molecule has 5 rings (SSSR count). The normalized spacial score (nSPS) is 41.4. The van der Waals surface area contributed by atoms with Crippen LogP contribution in [0.3, 0.4) is 0 Å². The fraction of sp³-hybridized carbons (Fsp3) is 0.789. The first-order valence-electron chi connectivity index (χ1n) is 19.6. The molecule has 322 valence electrons. The summed E-state index contributed by atoms with van der Waals surface area (Å²) < 4.78 is 67.3. The molecule has 0 radical (unpaired) electrons. The van der Waals surface area contributed by atoms with Gasteiger partial charge < -0.3 is 49.1 Å². The van der Waals surface area contributed by atoms with E-state index in [9.17, 15) is 32.7 Å². The molecule has 15 atom stereocenters. The molecule has 4 saturated heterocycles. The first-order valence-corrected chi connectivity index (χ1v) is 22.0. The minimum Gasteiger partial charge on any atom is -0.458 e. The van der Waals surface area contributed by atoms with E-state index in [1.807, 2.05) is 25.9 Å². The molecule has 19 heteroatoms. The van der Waals surface area contributed by atoms with Crippen molar-refractivity contribution in [3.63, 3.8) is 0 Å². The van der Waals surface area contributed by atoms with Crippen LogP contribution in [0.4, 0.5) is 9.59 Å². The predicted octanol–water partition coefficient (Wildman–Crippen LogP) is 2.80. The molecule has 1 aromatic rings. The van der Waals surface area contributed by atoms with Crippen LogP contribution >= 0.6 is 11.3 Å². The topological polar surface area (TPSA) is 217 Å². The fourth-order valence-electron chi connectivity index (χ4n) is 9.03. The average Bonchev–Trinajstić information content (AvgIpc) is 3.79. The number of carbonyl (C=O) groups excluding carboxylic acids is 4. The van der Waals surface area contributed by atoms with Gasteiger partial charge in [-0.05, 0) is 72.5 Å². The summed E-state index contributed by atoms with van der Waals surface area (Å²) in [5.74, 6) is -4.62. The quantitative estimate of drug-likeness (QED) is 0.229. The predicted molar refractivity (Wildman–Crippen MR) is 207 cm³/mol. The van der Waals surface area contributed by atoms with Crippen molar-refractivity contribution < 1.29 is 61.1 Å². The summed E-state index contributed by atoms with van der Waals surface area (Å²) in [5, 5.41) is 18.7. The molecule has 0 saturated carbocycles. The van der Waals surface area contributed by atoms with Crippen LogP contribution in [-0.4, -0.2) is 136 Å². The maximum Gasteiger partial charge on any atom is 0.408 e. The summed E-state index contributed by atoms with van der Waals surface area (Å²) >= 11 is 1.02. The average molecular weight is 845 g/mol. The van der Waals surface area contributed by atoms with Gasteiger partial charge in [0.05, 0.1) is 36.8 Å². The van der Waals surface area contributed by atoms with E-state index in [-0.39, 0.29) is 48.1 Å². The number of sulfonamides is 1. The number of aliphatic hydroxyl groups excluding tert-OH is 1. The molecule has 5 heterocycles. The molecule has 4 fully saturated rings. The lowest BCUT2D eigenvalue weighted by Gasteiger charge is -2.48. The highest BCUT2D eigenvalue weighted by Gasteiger charge is 2.58. The number of Topliss-reactive ketones (excluding diaryl/α,β-unsaturated/α-hetero) is 1. The number of hydrogen-bond acceptors (Lipinski definition) is 15. The molecule has 4 aliphatic rings. The van der Waals surface area contributed by atoms with E-state index in [0.29, 0.717) is 6.42 Å². The van der Waals surface area contributed by atoms with Crippen LogP contribution < -0.4 is 15.4 Å². The van der Waals surface area contributed by atoms with E-state index in [0.717, 1.165) is 11.3 Å². The Morgan fingerprint density at radius 2 is 1.75 bits per heavy atom. The summed E-state index contributed by atoms with van der Waals surface area (Å²) in [7, 11) is -0.386. The number of rotatable bonds is 7. The minimum atomic E-state index is -4.06. The Balaban J connectivity index is 1.65. The number of fused-ring (bicyclic) bond motifs is 4. The van der Waals surface area contributed by atoms with Crippen LogP contribution in [0.2, 0.25) is 0 Å². The Morgan fingerprint density at radius 1 is 1.05 bits per heavy atom. The molecular formula is C38H60N4O13S2. The summed E-state index contributed by atoms with van der Waals surface area (Å²) in [4.78, 5) is 57.4. The number of ether oxygens (including phenoxy) is 6. The number of amides is 2. The second kappa shape index (κ2) is 17.7. The molecule has 17 nitrogen and oxygen atoms in total. The molecule has 1 unspecified atom stereocenters. The number of esters is 1. The van der Waals surface area contributed by atoms with Gasteiger partial charge in [0.1, 0.15) is 33.9 Å². The zero-order valence-corrected chi connectivity index (χ0v) is 36.0. The van der Waals surface area contributed by atoms with Crippen LogP contribution in [-0.2, 0) is 48.0 Å².